The fourth-order valence-corrected chi connectivity index (χ4v) is 2.55. The van der Waals surface area contributed by atoms with Gasteiger partial charge in [-0.2, -0.15) is 0 Å². The molecule has 0 aliphatic heterocycles. The molecule has 3 nitrogen and oxygen atoms in total. The van der Waals surface area contributed by atoms with Gasteiger partial charge >= 0.3 is 0 Å². The Labute approximate surface area is 147 Å². The smallest absolute Gasteiger partial charge is 0.251 e. The van der Waals surface area contributed by atoms with E-state index in [9.17, 15) is 9.59 Å². The summed E-state index contributed by atoms with van der Waals surface area (Å²) < 4.78 is 0. The highest BCUT2D eigenvalue weighted by molar-refractivity contribution is 6.02. The van der Waals surface area contributed by atoms with E-state index in [1.807, 2.05) is 61.5 Å². The van der Waals surface area contributed by atoms with E-state index in [0.717, 1.165) is 16.7 Å². The zero-order valence-electron chi connectivity index (χ0n) is 14.0. The Morgan fingerprint density at radius 1 is 0.720 bits per heavy atom. The summed E-state index contributed by atoms with van der Waals surface area (Å²) >= 11 is 0. The number of aryl methyl sites for hydroxylation is 1. The third kappa shape index (κ3) is 4.21. The van der Waals surface area contributed by atoms with Gasteiger partial charge in [0, 0.05) is 11.1 Å². The topological polar surface area (TPSA) is 46.2 Å². The van der Waals surface area contributed by atoms with Crippen molar-refractivity contribution < 1.29 is 9.59 Å². The average Bonchev–Trinajstić information content (AvgIpc) is 2.67. The van der Waals surface area contributed by atoms with Gasteiger partial charge in [0.1, 0.15) is 0 Å². The second-order valence-corrected chi connectivity index (χ2v) is 5.92. The summed E-state index contributed by atoms with van der Waals surface area (Å²) in [5.74, 6) is -0.352. The van der Waals surface area contributed by atoms with Gasteiger partial charge in [-0.3, -0.25) is 9.59 Å². The highest BCUT2D eigenvalue weighted by atomic mass is 16.2. The molecular weight excluding hydrogens is 310 g/mol. The zero-order chi connectivity index (χ0) is 17.6. The van der Waals surface area contributed by atoms with E-state index in [4.69, 9.17) is 0 Å². The third-order valence-corrected chi connectivity index (χ3v) is 4.04. The summed E-state index contributed by atoms with van der Waals surface area (Å²) in [7, 11) is 0. The molecular formula is C22H19NO2. The largest absolute Gasteiger partial charge is 0.345 e. The SMILES string of the molecule is Cc1ccc(C(=O)NCC(=O)c2ccc(-c3ccccc3)cc2)cc1. The standard InChI is InChI=1S/C22H19NO2/c1-16-7-9-20(10-8-16)22(25)23-15-21(24)19-13-11-18(12-14-19)17-5-3-2-4-6-17/h2-14H,15H2,1H3,(H,23,25). The Kier molecular flexibility index (Phi) is 5.05. The predicted molar refractivity (Wildman–Crippen MR) is 99.7 cm³/mol. The molecule has 1 N–H and O–H groups in total. The first kappa shape index (κ1) is 16.7. The maximum absolute atomic E-state index is 12.3. The first-order valence-corrected chi connectivity index (χ1v) is 8.17. The zero-order valence-corrected chi connectivity index (χ0v) is 14.0. The van der Waals surface area contributed by atoms with Crippen molar-refractivity contribution in [1.82, 2.24) is 5.32 Å². The fourth-order valence-electron chi connectivity index (χ4n) is 2.55. The van der Waals surface area contributed by atoms with Crippen molar-refractivity contribution in [3.8, 4) is 11.1 Å². The summed E-state index contributed by atoms with van der Waals surface area (Å²) in [4.78, 5) is 24.3. The van der Waals surface area contributed by atoms with Gasteiger partial charge < -0.3 is 5.32 Å². The van der Waals surface area contributed by atoms with Crippen LogP contribution >= 0.6 is 0 Å². The van der Waals surface area contributed by atoms with Crippen molar-refractivity contribution in [2.75, 3.05) is 6.54 Å². The van der Waals surface area contributed by atoms with Crippen LogP contribution in [0, 0.1) is 6.92 Å². The number of carbonyl (C=O) groups excluding carboxylic acids is 2. The van der Waals surface area contributed by atoms with Crippen LogP contribution in [0.2, 0.25) is 0 Å². The number of ketones is 1. The van der Waals surface area contributed by atoms with E-state index in [0.29, 0.717) is 11.1 Å². The molecule has 0 aliphatic rings. The number of Topliss-reactive ketones (excluding diaryl/α,β-unsaturated/α-hetero) is 1. The van der Waals surface area contributed by atoms with Crippen LogP contribution in [0.5, 0.6) is 0 Å². The molecule has 3 aromatic rings. The van der Waals surface area contributed by atoms with Crippen molar-refractivity contribution in [2.45, 2.75) is 6.92 Å². The van der Waals surface area contributed by atoms with Crippen molar-refractivity contribution >= 4 is 11.7 Å². The number of rotatable bonds is 5. The fraction of sp³-hybridized carbons (Fsp3) is 0.0909. The summed E-state index contributed by atoms with van der Waals surface area (Å²) in [6.45, 7) is 1.95. The molecule has 0 radical (unpaired) electrons. The lowest BCUT2D eigenvalue weighted by Crippen LogP contribution is -2.29. The third-order valence-electron chi connectivity index (χ3n) is 4.04. The highest BCUT2D eigenvalue weighted by Crippen LogP contribution is 2.19. The second kappa shape index (κ2) is 7.58. The molecule has 0 fully saturated rings. The van der Waals surface area contributed by atoms with Crippen LogP contribution in [-0.2, 0) is 0 Å². The lowest BCUT2D eigenvalue weighted by atomic mass is 10.0. The summed E-state index contributed by atoms with van der Waals surface area (Å²) in [5.41, 5.74) is 4.39. The molecule has 0 aromatic heterocycles. The molecule has 3 heteroatoms. The summed E-state index contributed by atoms with van der Waals surface area (Å²) in [6, 6.07) is 24.7. The number of carbonyl (C=O) groups is 2. The minimum Gasteiger partial charge on any atom is -0.345 e. The maximum atomic E-state index is 12.3. The first-order chi connectivity index (χ1) is 12.1. The van der Waals surface area contributed by atoms with Crippen LogP contribution in [0.15, 0.2) is 78.9 Å². The van der Waals surface area contributed by atoms with Crippen LogP contribution in [0.3, 0.4) is 0 Å². The number of amides is 1. The van der Waals surface area contributed by atoms with Crippen molar-refractivity contribution in [1.29, 1.82) is 0 Å². The van der Waals surface area contributed by atoms with Crippen LogP contribution in [0.4, 0.5) is 0 Å². The van der Waals surface area contributed by atoms with E-state index in [2.05, 4.69) is 5.32 Å². The molecule has 0 unspecified atom stereocenters. The summed E-state index contributed by atoms with van der Waals surface area (Å²) in [5, 5.41) is 2.67. The minimum absolute atomic E-state index is 0.0165. The molecule has 0 atom stereocenters. The molecule has 124 valence electrons. The molecule has 0 bridgehead atoms. The Balaban J connectivity index is 1.61. The monoisotopic (exact) mass is 329 g/mol. The van der Waals surface area contributed by atoms with Gasteiger partial charge in [-0.15, -0.1) is 0 Å². The second-order valence-electron chi connectivity index (χ2n) is 5.92. The molecule has 1 amide bonds. The van der Waals surface area contributed by atoms with Crippen LogP contribution in [0.25, 0.3) is 11.1 Å². The van der Waals surface area contributed by atoms with Gasteiger partial charge in [-0.1, -0.05) is 72.3 Å². The molecule has 3 aromatic carbocycles. The van der Waals surface area contributed by atoms with Gasteiger partial charge in [-0.05, 0) is 30.2 Å². The van der Waals surface area contributed by atoms with Crippen molar-refractivity contribution in [3.63, 3.8) is 0 Å². The number of hydrogen-bond donors (Lipinski definition) is 1. The maximum Gasteiger partial charge on any atom is 0.251 e. The molecule has 3 rings (SSSR count). The van der Waals surface area contributed by atoms with Crippen LogP contribution in [0.1, 0.15) is 26.3 Å². The van der Waals surface area contributed by atoms with Crippen molar-refractivity contribution in [3.05, 3.63) is 95.6 Å². The minimum atomic E-state index is -0.241. The Morgan fingerprint density at radius 3 is 1.92 bits per heavy atom. The normalized spacial score (nSPS) is 10.3. The predicted octanol–water partition coefficient (Wildman–Crippen LogP) is 4.27. The van der Waals surface area contributed by atoms with Crippen LogP contribution < -0.4 is 5.32 Å². The van der Waals surface area contributed by atoms with Crippen molar-refractivity contribution in [2.24, 2.45) is 0 Å². The lowest BCUT2D eigenvalue weighted by Gasteiger charge is -2.06. The Hall–Kier alpha value is -3.20. The van der Waals surface area contributed by atoms with Gasteiger partial charge in [0.05, 0.1) is 6.54 Å². The van der Waals surface area contributed by atoms with E-state index in [-0.39, 0.29) is 18.2 Å². The summed E-state index contributed by atoms with van der Waals surface area (Å²) in [6.07, 6.45) is 0. The molecule has 25 heavy (non-hydrogen) atoms. The lowest BCUT2D eigenvalue weighted by molar-refractivity contribution is 0.0904. The van der Waals surface area contributed by atoms with Gasteiger partial charge in [0.15, 0.2) is 5.78 Å². The first-order valence-electron chi connectivity index (χ1n) is 8.17. The Morgan fingerprint density at radius 2 is 1.28 bits per heavy atom. The number of nitrogens with one attached hydrogen (secondary N) is 1. The van der Waals surface area contributed by atoms with E-state index in [1.54, 1.807) is 24.3 Å². The number of hydrogen-bond acceptors (Lipinski definition) is 2. The quantitative estimate of drug-likeness (QED) is 0.710. The molecule has 0 heterocycles. The molecule has 0 saturated carbocycles. The van der Waals surface area contributed by atoms with Gasteiger partial charge in [0.25, 0.3) is 5.91 Å². The molecule has 0 spiro atoms. The van der Waals surface area contributed by atoms with E-state index in [1.165, 1.54) is 0 Å². The van der Waals surface area contributed by atoms with E-state index >= 15 is 0 Å². The van der Waals surface area contributed by atoms with Gasteiger partial charge in [0.2, 0.25) is 0 Å². The average molecular weight is 329 g/mol. The Bertz CT molecular complexity index is 866. The molecule has 0 saturated heterocycles. The highest BCUT2D eigenvalue weighted by Gasteiger charge is 2.10. The number of benzene rings is 3. The van der Waals surface area contributed by atoms with Gasteiger partial charge in [-0.25, -0.2) is 0 Å². The molecule has 0 aliphatic carbocycles. The van der Waals surface area contributed by atoms with E-state index < -0.39 is 0 Å². The van der Waals surface area contributed by atoms with Crippen LogP contribution in [-0.4, -0.2) is 18.2 Å².